The monoisotopic (exact) mass is 321 g/mol. The van der Waals surface area contributed by atoms with Crippen LogP contribution in [0.2, 0.25) is 0 Å². The van der Waals surface area contributed by atoms with E-state index in [2.05, 4.69) is 15.6 Å². The van der Waals surface area contributed by atoms with E-state index in [1.54, 1.807) is 54.7 Å². The van der Waals surface area contributed by atoms with Crippen molar-refractivity contribution < 1.29 is 14.0 Å². The number of nitrogens with one attached hydrogen (secondary N) is 2. The van der Waals surface area contributed by atoms with Gasteiger partial charge in [0.2, 0.25) is 0 Å². The molecule has 120 valence electrons. The number of furan rings is 1. The topological polar surface area (TPSA) is 84.2 Å². The van der Waals surface area contributed by atoms with Gasteiger partial charge in [0.05, 0.1) is 6.26 Å². The third-order valence-electron chi connectivity index (χ3n) is 3.40. The van der Waals surface area contributed by atoms with Crippen molar-refractivity contribution in [1.82, 2.24) is 4.98 Å². The molecule has 0 aliphatic carbocycles. The van der Waals surface area contributed by atoms with Crippen LogP contribution >= 0.6 is 0 Å². The first-order valence-corrected chi connectivity index (χ1v) is 7.31. The van der Waals surface area contributed by atoms with Gasteiger partial charge in [-0.25, -0.2) is 4.98 Å². The second-order valence-corrected chi connectivity index (χ2v) is 5.13. The summed E-state index contributed by atoms with van der Waals surface area (Å²) in [7, 11) is 0. The molecule has 3 rings (SSSR count). The molecule has 0 spiro atoms. The quantitative estimate of drug-likeness (QED) is 0.770. The molecule has 6 heteroatoms. The molecular weight excluding hydrogens is 306 g/mol. The standard InChI is InChI=1S/C18H15N3O3/c1-12-7-8-13(17(22)21-16-6-2-3-9-19-16)11-14(12)20-18(23)15-5-4-10-24-15/h2-11H,1H3,(H,20,23)(H,19,21,22). The number of carbonyl (C=O) groups is 2. The van der Waals surface area contributed by atoms with Crippen molar-refractivity contribution in [2.24, 2.45) is 0 Å². The lowest BCUT2D eigenvalue weighted by molar-refractivity contribution is 0.0993. The number of hydrogen-bond acceptors (Lipinski definition) is 4. The van der Waals surface area contributed by atoms with Crippen LogP contribution in [-0.2, 0) is 0 Å². The molecule has 0 radical (unpaired) electrons. The van der Waals surface area contributed by atoms with Crippen LogP contribution in [0.4, 0.5) is 11.5 Å². The molecular formula is C18H15N3O3. The molecule has 2 aromatic heterocycles. The molecule has 24 heavy (non-hydrogen) atoms. The van der Waals surface area contributed by atoms with Crippen molar-refractivity contribution >= 4 is 23.3 Å². The highest BCUT2D eigenvalue weighted by Crippen LogP contribution is 2.19. The highest BCUT2D eigenvalue weighted by atomic mass is 16.3. The predicted octanol–water partition coefficient (Wildman–Crippen LogP) is 3.49. The maximum Gasteiger partial charge on any atom is 0.291 e. The number of pyridine rings is 1. The molecule has 1 aromatic carbocycles. The van der Waals surface area contributed by atoms with Crippen LogP contribution in [0.3, 0.4) is 0 Å². The average molecular weight is 321 g/mol. The Bertz CT molecular complexity index is 858. The Morgan fingerprint density at radius 2 is 1.88 bits per heavy atom. The largest absolute Gasteiger partial charge is 0.459 e. The van der Waals surface area contributed by atoms with Crippen molar-refractivity contribution in [2.75, 3.05) is 10.6 Å². The summed E-state index contributed by atoms with van der Waals surface area (Å²) in [5.41, 5.74) is 1.80. The van der Waals surface area contributed by atoms with Crippen molar-refractivity contribution in [2.45, 2.75) is 6.92 Å². The summed E-state index contributed by atoms with van der Waals surface area (Å²) in [6.07, 6.45) is 3.03. The lowest BCUT2D eigenvalue weighted by Crippen LogP contribution is -2.15. The molecule has 0 saturated heterocycles. The smallest absolute Gasteiger partial charge is 0.291 e. The van der Waals surface area contributed by atoms with Crippen molar-refractivity contribution in [3.63, 3.8) is 0 Å². The Balaban J connectivity index is 1.78. The maximum absolute atomic E-state index is 12.3. The van der Waals surface area contributed by atoms with Crippen molar-refractivity contribution in [3.8, 4) is 0 Å². The highest BCUT2D eigenvalue weighted by molar-refractivity contribution is 6.06. The number of carbonyl (C=O) groups excluding carboxylic acids is 2. The Morgan fingerprint density at radius 3 is 2.58 bits per heavy atom. The Labute approximate surface area is 138 Å². The van der Waals surface area contributed by atoms with E-state index in [0.29, 0.717) is 17.1 Å². The van der Waals surface area contributed by atoms with E-state index >= 15 is 0 Å². The van der Waals surface area contributed by atoms with Crippen molar-refractivity contribution in [3.05, 3.63) is 77.9 Å². The molecule has 0 aliphatic rings. The Kier molecular flexibility index (Phi) is 4.38. The van der Waals surface area contributed by atoms with Gasteiger partial charge in [-0.1, -0.05) is 12.1 Å². The summed E-state index contributed by atoms with van der Waals surface area (Å²) >= 11 is 0. The van der Waals surface area contributed by atoms with Gasteiger partial charge in [0.25, 0.3) is 11.8 Å². The van der Waals surface area contributed by atoms with Crippen LogP contribution in [0, 0.1) is 6.92 Å². The van der Waals surface area contributed by atoms with E-state index in [9.17, 15) is 9.59 Å². The highest BCUT2D eigenvalue weighted by Gasteiger charge is 2.13. The summed E-state index contributed by atoms with van der Waals surface area (Å²) in [6, 6.07) is 13.5. The van der Waals surface area contributed by atoms with Gasteiger partial charge < -0.3 is 15.1 Å². The van der Waals surface area contributed by atoms with E-state index in [1.165, 1.54) is 6.26 Å². The fraction of sp³-hybridized carbons (Fsp3) is 0.0556. The molecule has 3 aromatic rings. The van der Waals surface area contributed by atoms with Crippen LogP contribution < -0.4 is 10.6 Å². The molecule has 0 saturated carbocycles. The second kappa shape index (κ2) is 6.78. The number of nitrogens with zero attached hydrogens (tertiary/aromatic N) is 1. The van der Waals surface area contributed by atoms with E-state index < -0.39 is 0 Å². The zero-order valence-corrected chi connectivity index (χ0v) is 12.9. The van der Waals surface area contributed by atoms with Crippen LogP contribution in [-0.4, -0.2) is 16.8 Å². The van der Waals surface area contributed by atoms with Crippen LogP contribution in [0.5, 0.6) is 0 Å². The molecule has 6 nitrogen and oxygen atoms in total. The summed E-state index contributed by atoms with van der Waals surface area (Å²) in [4.78, 5) is 28.4. The minimum Gasteiger partial charge on any atom is -0.459 e. The summed E-state index contributed by atoms with van der Waals surface area (Å²) < 4.78 is 5.06. The number of rotatable bonds is 4. The van der Waals surface area contributed by atoms with Gasteiger partial charge in [-0.3, -0.25) is 9.59 Å². The number of aryl methyl sites for hydroxylation is 1. The van der Waals surface area contributed by atoms with Gasteiger partial charge in [-0.15, -0.1) is 0 Å². The van der Waals surface area contributed by atoms with Gasteiger partial charge in [0, 0.05) is 17.4 Å². The first-order valence-electron chi connectivity index (χ1n) is 7.31. The fourth-order valence-electron chi connectivity index (χ4n) is 2.11. The van der Waals surface area contributed by atoms with Gasteiger partial charge in [0.15, 0.2) is 5.76 Å². The number of amides is 2. The SMILES string of the molecule is Cc1ccc(C(=O)Nc2ccccn2)cc1NC(=O)c1ccco1. The molecule has 0 atom stereocenters. The summed E-state index contributed by atoms with van der Waals surface area (Å²) in [5, 5.41) is 5.45. The van der Waals surface area contributed by atoms with E-state index in [-0.39, 0.29) is 17.6 Å². The Hall–Kier alpha value is -3.41. The van der Waals surface area contributed by atoms with Crippen LogP contribution in [0.15, 0.2) is 65.4 Å². The summed E-state index contributed by atoms with van der Waals surface area (Å²) in [5.74, 6) is -0.00503. The normalized spacial score (nSPS) is 10.2. The molecule has 0 bridgehead atoms. The van der Waals surface area contributed by atoms with Crippen LogP contribution in [0.25, 0.3) is 0 Å². The van der Waals surface area contributed by atoms with Gasteiger partial charge >= 0.3 is 0 Å². The fourth-order valence-corrected chi connectivity index (χ4v) is 2.11. The molecule has 2 N–H and O–H groups in total. The third kappa shape index (κ3) is 3.49. The minimum atomic E-state index is -0.370. The van der Waals surface area contributed by atoms with Crippen molar-refractivity contribution in [1.29, 1.82) is 0 Å². The molecule has 0 unspecified atom stereocenters. The lowest BCUT2D eigenvalue weighted by atomic mass is 10.1. The second-order valence-electron chi connectivity index (χ2n) is 5.13. The van der Waals surface area contributed by atoms with Gasteiger partial charge in [0.1, 0.15) is 5.82 Å². The zero-order chi connectivity index (χ0) is 16.9. The predicted molar refractivity (Wildman–Crippen MR) is 90.0 cm³/mol. The van der Waals surface area contributed by atoms with Crippen LogP contribution in [0.1, 0.15) is 26.5 Å². The van der Waals surface area contributed by atoms with E-state index in [1.807, 2.05) is 6.92 Å². The first kappa shape index (κ1) is 15.5. The third-order valence-corrected chi connectivity index (χ3v) is 3.40. The summed E-state index contributed by atoms with van der Waals surface area (Å²) in [6.45, 7) is 1.85. The average Bonchev–Trinajstić information content (AvgIpc) is 3.12. The van der Waals surface area contributed by atoms with E-state index in [4.69, 9.17) is 4.42 Å². The number of hydrogen-bond donors (Lipinski definition) is 2. The Morgan fingerprint density at radius 1 is 1.00 bits per heavy atom. The molecule has 2 heterocycles. The number of aromatic nitrogens is 1. The lowest BCUT2D eigenvalue weighted by Gasteiger charge is -2.10. The maximum atomic E-state index is 12.3. The molecule has 0 fully saturated rings. The van der Waals surface area contributed by atoms with Gasteiger partial charge in [-0.05, 0) is 48.9 Å². The van der Waals surface area contributed by atoms with Gasteiger partial charge in [-0.2, -0.15) is 0 Å². The number of anilines is 2. The minimum absolute atomic E-state index is 0.206. The first-order chi connectivity index (χ1) is 11.6. The van der Waals surface area contributed by atoms with E-state index in [0.717, 1.165) is 5.56 Å². The molecule has 0 aliphatic heterocycles. The zero-order valence-electron chi connectivity index (χ0n) is 12.9. The molecule has 2 amide bonds. The number of benzene rings is 1.